The van der Waals surface area contributed by atoms with Crippen molar-refractivity contribution in [1.82, 2.24) is 9.97 Å². The number of aromatic amines is 1. The zero-order chi connectivity index (χ0) is 14.8. The summed E-state index contributed by atoms with van der Waals surface area (Å²) in [5.74, 6) is 1.44. The number of alkyl halides is 1. The second-order valence-electron chi connectivity index (χ2n) is 4.40. The Bertz CT molecular complexity index is 841. The van der Waals surface area contributed by atoms with Crippen LogP contribution in [0.4, 0.5) is 0 Å². The molecule has 3 rings (SSSR count). The van der Waals surface area contributed by atoms with Gasteiger partial charge in [-0.25, -0.2) is 4.98 Å². The van der Waals surface area contributed by atoms with Gasteiger partial charge in [0.15, 0.2) is 0 Å². The van der Waals surface area contributed by atoms with Gasteiger partial charge in [0, 0.05) is 16.5 Å². The molecule has 0 radical (unpaired) electrons. The molecule has 0 saturated carbocycles. The number of rotatable bonds is 4. The van der Waals surface area contributed by atoms with Crippen LogP contribution in [0.5, 0.6) is 5.75 Å². The average molecular weight is 321 g/mol. The van der Waals surface area contributed by atoms with E-state index >= 15 is 0 Å². The van der Waals surface area contributed by atoms with Crippen molar-refractivity contribution >= 4 is 33.2 Å². The summed E-state index contributed by atoms with van der Waals surface area (Å²) < 4.78 is 5.65. The molecule has 0 saturated heterocycles. The lowest BCUT2D eigenvalue weighted by atomic mass is 10.1. The fourth-order valence-corrected chi connectivity index (χ4v) is 3.31. The lowest BCUT2D eigenvalue weighted by molar-refractivity contribution is 0.341. The van der Waals surface area contributed by atoms with Crippen LogP contribution in [-0.2, 0) is 5.88 Å². The molecule has 0 aliphatic rings. The summed E-state index contributed by atoms with van der Waals surface area (Å²) in [5, 5.41) is 2.52. The number of benzene rings is 1. The third-order valence-electron chi connectivity index (χ3n) is 3.10. The standard InChI is InChI=1S/C15H13ClN2O2S/c1-2-20-11-6-4-3-5-9(11)10-8-21-15-13(10)14(19)17-12(7-16)18-15/h3-6,8H,2,7H2,1H3,(H,17,18,19). The second kappa shape index (κ2) is 5.87. The molecule has 6 heteroatoms. The Kier molecular flexibility index (Phi) is 3.94. The number of para-hydroxylation sites is 1. The summed E-state index contributed by atoms with van der Waals surface area (Å²) in [6.07, 6.45) is 0. The average Bonchev–Trinajstić information content (AvgIpc) is 2.92. The number of ether oxygens (including phenoxy) is 1. The van der Waals surface area contributed by atoms with Crippen LogP contribution in [0, 0.1) is 0 Å². The van der Waals surface area contributed by atoms with Crippen LogP contribution in [0.2, 0.25) is 0 Å². The number of nitrogens with zero attached hydrogens (tertiary/aromatic N) is 1. The van der Waals surface area contributed by atoms with E-state index in [2.05, 4.69) is 9.97 Å². The molecular formula is C15H13ClN2O2S. The SMILES string of the molecule is CCOc1ccccc1-c1csc2nc(CCl)[nH]c(=O)c12. The summed E-state index contributed by atoms with van der Waals surface area (Å²) in [7, 11) is 0. The van der Waals surface area contributed by atoms with Gasteiger partial charge >= 0.3 is 0 Å². The predicted octanol–water partition coefficient (Wildman–Crippen LogP) is 3.79. The maximum atomic E-state index is 12.3. The summed E-state index contributed by atoms with van der Waals surface area (Å²) in [6.45, 7) is 2.51. The van der Waals surface area contributed by atoms with Gasteiger partial charge in [-0.15, -0.1) is 22.9 Å². The topological polar surface area (TPSA) is 55.0 Å². The molecule has 0 fully saturated rings. The summed E-state index contributed by atoms with van der Waals surface area (Å²) in [5.41, 5.74) is 1.57. The van der Waals surface area contributed by atoms with Crippen LogP contribution >= 0.6 is 22.9 Å². The molecule has 3 aromatic rings. The van der Waals surface area contributed by atoms with Crippen LogP contribution < -0.4 is 10.3 Å². The maximum Gasteiger partial charge on any atom is 0.260 e. The number of halogens is 1. The molecule has 21 heavy (non-hydrogen) atoms. The van der Waals surface area contributed by atoms with Gasteiger partial charge in [-0.1, -0.05) is 18.2 Å². The van der Waals surface area contributed by atoms with Gasteiger partial charge in [0.05, 0.1) is 17.9 Å². The van der Waals surface area contributed by atoms with Crippen LogP contribution in [-0.4, -0.2) is 16.6 Å². The van der Waals surface area contributed by atoms with Crippen molar-refractivity contribution in [1.29, 1.82) is 0 Å². The first-order valence-corrected chi connectivity index (χ1v) is 7.94. The summed E-state index contributed by atoms with van der Waals surface area (Å²) in [6, 6.07) is 7.69. The number of hydrogen-bond donors (Lipinski definition) is 1. The quantitative estimate of drug-likeness (QED) is 0.744. The number of nitrogens with one attached hydrogen (secondary N) is 1. The van der Waals surface area contributed by atoms with E-state index in [1.807, 2.05) is 36.6 Å². The number of hydrogen-bond acceptors (Lipinski definition) is 4. The minimum absolute atomic E-state index is 0.168. The summed E-state index contributed by atoms with van der Waals surface area (Å²) >= 11 is 7.18. The highest BCUT2D eigenvalue weighted by atomic mass is 35.5. The van der Waals surface area contributed by atoms with Gasteiger partial charge in [0.1, 0.15) is 16.4 Å². The Morgan fingerprint density at radius 2 is 2.14 bits per heavy atom. The van der Waals surface area contributed by atoms with E-state index in [-0.39, 0.29) is 11.4 Å². The van der Waals surface area contributed by atoms with E-state index in [0.717, 1.165) is 16.9 Å². The highest BCUT2D eigenvalue weighted by molar-refractivity contribution is 7.17. The predicted molar refractivity (Wildman–Crippen MR) is 86.4 cm³/mol. The van der Waals surface area contributed by atoms with Crippen molar-refractivity contribution in [3.63, 3.8) is 0 Å². The van der Waals surface area contributed by atoms with E-state index in [0.29, 0.717) is 22.6 Å². The highest BCUT2D eigenvalue weighted by Crippen LogP contribution is 2.36. The molecule has 0 amide bonds. The fraction of sp³-hybridized carbons (Fsp3) is 0.200. The van der Waals surface area contributed by atoms with Crippen LogP contribution in [0.15, 0.2) is 34.4 Å². The van der Waals surface area contributed by atoms with Gasteiger partial charge in [-0.2, -0.15) is 0 Å². The van der Waals surface area contributed by atoms with E-state index in [9.17, 15) is 4.79 Å². The van der Waals surface area contributed by atoms with Crippen molar-refractivity contribution in [2.24, 2.45) is 0 Å². The van der Waals surface area contributed by atoms with Gasteiger partial charge < -0.3 is 9.72 Å². The van der Waals surface area contributed by atoms with E-state index in [4.69, 9.17) is 16.3 Å². The molecule has 4 nitrogen and oxygen atoms in total. The third-order valence-corrected chi connectivity index (χ3v) is 4.22. The number of H-pyrrole nitrogens is 1. The van der Waals surface area contributed by atoms with Crippen molar-refractivity contribution in [3.8, 4) is 16.9 Å². The van der Waals surface area contributed by atoms with E-state index < -0.39 is 0 Å². The molecule has 108 valence electrons. The normalized spacial score (nSPS) is 11.0. The van der Waals surface area contributed by atoms with Gasteiger partial charge in [0.25, 0.3) is 5.56 Å². The first kappa shape index (κ1) is 14.1. The molecule has 2 aromatic heterocycles. The van der Waals surface area contributed by atoms with E-state index in [1.54, 1.807) is 0 Å². The largest absolute Gasteiger partial charge is 0.493 e. The second-order valence-corrected chi connectivity index (χ2v) is 5.53. The Morgan fingerprint density at radius 3 is 2.90 bits per heavy atom. The van der Waals surface area contributed by atoms with Gasteiger partial charge in [-0.05, 0) is 13.0 Å². The smallest absolute Gasteiger partial charge is 0.260 e. The molecule has 1 aromatic carbocycles. The first-order chi connectivity index (χ1) is 10.2. The monoisotopic (exact) mass is 320 g/mol. The molecule has 0 aliphatic carbocycles. The molecule has 0 aliphatic heterocycles. The van der Waals surface area contributed by atoms with Crippen molar-refractivity contribution in [2.45, 2.75) is 12.8 Å². The van der Waals surface area contributed by atoms with Crippen LogP contribution in [0.25, 0.3) is 21.3 Å². The zero-order valence-electron chi connectivity index (χ0n) is 11.4. The molecule has 0 spiro atoms. The number of thiophene rings is 1. The lowest BCUT2D eigenvalue weighted by Crippen LogP contribution is -2.10. The minimum Gasteiger partial charge on any atom is -0.493 e. The molecule has 0 atom stereocenters. The Balaban J connectivity index is 2.25. The number of fused-ring (bicyclic) bond motifs is 1. The Labute approximate surface area is 130 Å². The lowest BCUT2D eigenvalue weighted by Gasteiger charge is -2.09. The van der Waals surface area contributed by atoms with Crippen molar-refractivity contribution in [3.05, 3.63) is 45.8 Å². The zero-order valence-corrected chi connectivity index (χ0v) is 12.9. The molecule has 1 N–H and O–H groups in total. The van der Waals surface area contributed by atoms with Crippen molar-refractivity contribution in [2.75, 3.05) is 6.61 Å². The highest BCUT2D eigenvalue weighted by Gasteiger charge is 2.15. The minimum atomic E-state index is -0.168. The fourth-order valence-electron chi connectivity index (χ4n) is 2.23. The van der Waals surface area contributed by atoms with Crippen molar-refractivity contribution < 1.29 is 4.74 Å². The van der Waals surface area contributed by atoms with Gasteiger partial charge in [-0.3, -0.25) is 4.79 Å². The van der Waals surface area contributed by atoms with E-state index in [1.165, 1.54) is 11.3 Å². The van der Waals surface area contributed by atoms with Crippen LogP contribution in [0.1, 0.15) is 12.7 Å². The first-order valence-electron chi connectivity index (χ1n) is 6.53. The Hall–Kier alpha value is -1.85. The summed E-state index contributed by atoms with van der Waals surface area (Å²) in [4.78, 5) is 20.1. The molecule has 0 bridgehead atoms. The Morgan fingerprint density at radius 1 is 1.33 bits per heavy atom. The molecule has 2 heterocycles. The van der Waals surface area contributed by atoms with Gasteiger partial charge in [0.2, 0.25) is 0 Å². The third kappa shape index (κ3) is 2.54. The molecule has 0 unspecified atom stereocenters. The molecular weight excluding hydrogens is 308 g/mol. The number of aromatic nitrogens is 2. The maximum absolute atomic E-state index is 12.3. The van der Waals surface area contributed by atoms with Crippen LogP contribution in [0.3, 0.4) is 0 Å².